The van der Waals surface area contributed by atoms with E-state index in [0.717, 1.165) is 23.2 Å². The fraction of sp³-hybridized carbons (Fsp3) is 0.370. The van der Waals surface area contributed by atoms with Crippen molar-refractivity contribution in [1.29, 1.82) is 0 Å². The van der Waals surface area contributed by atoms with Gasteiger partial charge in [0.05, 0.1) is 11.8 Å². The van der Waals surface area contributed by atoms with Crippen LogP contribution in [0.15, 0.2) is 60.7 Å². The number of carbonyl (C=O) groups is 3. The first-order valence-electron chi connectivity index (χ1n) is 11.4. The van der Waals surface area contributed by atoms with Crippen LogP contribution >= 0.6 is 0 Å². The molecule has 2 bridgehead atoms. The highest BCUT2D eigenvalue weighted by Gasteiger charge is 2.67. The minimum Gasteiger partial charge on any atom is -0.289 e. The minimum absolute atomic E-state index is 0.0446. The summed E-state index contributed by atoms with van der Waals surface area (Å²) in [5, 5.41) is 0. The monoisotopic (exact) mass is 426 g/mol. The Balaban J connectivity index is 1.36. The number of rotatable bonds is 4. The van der Waals surface area contributed by atoms with Crippen LogP contribution < -0.4 is 4.90 Å². The molecule has 1 saturated heterocycles. The van der Waals surface area contributed by atoms with Gasteiger partial charge in [0.2, 0.25) is 11.8 Å². The topological polar surface area (TPSA) is 57.7 Å². The first-order chi connectivity index (χ1) is 15.5. The third-order valence-electron chi connectivity index (χ3n) is 7.95. The molecule has 0 aromatic heterocycles. The van der Waals surface area contributed by atoms with Crippen molar-refractivity contribution >= 4 is 23.4 Å². The Hall–Kier alpha value is -3.21. The number of likely N-dealkylation sites (tertiary alicyclic amines) is 1. The Kier molecular flexibility index (Phi) is 4.19. The summed E-state index contributed by atoms with van der Waals surface area (Å²) in [6.45, 7) is 3.92. The van der Waals surface area contributed by atoms with E-state index in [4.69, 9.17) is 0 Å². The van der Waals surface area contributed by atoms with E-state index in [1.54, 1.807) is 17.0 Å². The predicted octanol–water partition coefficient (Wildman–Crippen LogP) is 3.96. The van der Waals surface area contributed by atoms with Crippen LogP contribution in [0.1, 0.15) is 27.9 Å². The molecular weight excluding hydrogens is 400 g/mol. The molecule has 5 aliphatic rings. The van der Waals surface area contributed by atoms with Crippen LogP contribution in [0.5, 0.6) is 0 Å². The van der Waals surface area contributed by atoms with Crippen molar-refractivity contribution in [3.63, 3.8) is 0 Å². The van der Waals surface area contributed by atoms with Crippen molar-refractivity contribution in [2.75, 3.05) is 11.6 Å². The van der Waals surface area contributed by atoms with Gasteiger partial charge in [-0.25, -0.2) is 0 Å². The quantitative estimate of drug-likeness (QED) is 0.549. The first-order valence-corrected chi connectivity index (χ1v) is 11.4. The third kappa shape index (κ3) is 2.73. The molecule has 32 heavy (non-hydrogen) atoms. The van der Waals surface area contributed by atoms with Crippen molar-refractivity contribution in [2.45, 2.75) is 20.3 Å². The molecule has 2 aromatic carbocycles. The number of carbonyl (C=O) groups excluding carboxylic acids is 3. The fourth-order valence-corrected chi connectivity index (χ4v) is 6.39. The number of nitrogens with zero attached hydrogens (tertiary/aromatic N) is 2. The van der Waals surface area contributed by atoms with E-state index in [1.807, 2.05) is 50.2 Å². The number of aryl methyl sites for hydroxylation is 2. The fourth-order valence-electron chi connectivity index (χ4n) is 6.39. The Bertz CT molecular complexity index is 1130. The van der Waals surface area contributed by atoms with E-state index in [-0.39, 0.29) is 48.1 Å². The summed E-state index contributed by atoms with van der Waals surface area (Å²) in [6, 6.07) is 14.9. The summed E-state index contributed by atoms with van der Waals surface area (Å²) < 4.78 is 0. The molecule has 0 N–H and O–H groups in total. The molecule has 162 valence electrons. The Labute approximate surface area is 187 Å². The maximum absolute atomic E-state index is 13.6. The van der Waals surface area contributed by atoms with E-state index in [9.17, 15) is 14.4 Å². The number of benzene rings is 2. The molecule has 1 heterocycles. The molecule has 0 spiro atoms. The molecule has 5 nitrogen and oxygen atoms in total. The molecular formula is C27H26N2O3. The molecule has 3 fully saturated rings. The van der Waals surface area contributed by atoms with E-state index >= 15 is 0 Å². The van der Waals surface area contributed by atoms with E-state index in [2.05, 4.69) is 12.2 Å². The van der Waals surface area contributed by atoms with Crippen molar-refractivity contribution in [3.8, 4) is 0 Å². The zero-order chi connectivity index (χ0) is 22.1. The minimum atomic E-state index is -0.256. The second-order valence-electron chi connectivity index (χ2n) is 9.79. The third-order valence-corrected chi connectivity index (χ3v) is 7.95. The van der Waals surface area contributed by atoms with Crippen molar-refractivity contribution in [3.05, 3.63) is 77.4 Å². The molecule has 5 heteroatoms. The molecule has 2 saturated carbocycles. The zero-order valence-corrected chi connectivity index (χ0v) is 18.3. The van der Waals surface area contributed by atoms with Gasteiger partial charge in [0.15, 0.2) is 0 Å². The van der Waals surface area contributed by atoms with Gasteiger partial charge in [-0.1, -0.05) is 48.0 Å². The highest BCUT2D eigenvalue weighted by atomic mass is 16.2. The van der Waals surface area contributed by atoms with Crippen molar-refractivity contribution in [2.24, 2.45) is 35.5 Å². The molecule has 4 aliphatic carbocycles. The van der Waals surface area contributed by atoms with Crippen LogP contribution in [0.4, 0.5) is 5.69 Å². The Morgan fingerprint density at radius 1 is 0.938 bits per heavy atom. The maximum Gasteiger partial charge on any atom is 0.259 e. The highest BCUT2D eigenvalue weighted by Crippen LogP contribution is 2.65. The van der Waals surface area contributed by atoms with Gasteiger partial charge in [0.1, 0.15) is 6.67 Å². The first kappa shape index (κ1) is 19.5. The van der Waals surface area contributed by atoms with Crippen LogP contribution in [0.25, 0.3) is 0 Å². The van der Waals surface area contributed by atoms with Gasteiger partial charge in [-0.15, -0.1) is 0 Å². The molecule has 1 aliphatic heterocycles. The van der Waals surface area contributed by atoms with Crippen LogP contribution in [-0.4, -0.2) is 29.3 Å². The van der Waals surface area contributed by atoms with E-state index in [1.165, 1.54) is 4.90 Å². The van der Waals surface area contributed by atoms with Gasteiger partial charge in [-0.05, 0) is 67.7 Å². The van der Waals surface area contributed by atoms with Gasteiger partial charge in [-0.3, -0.25) is 24.2 Å². The second kappa shape index (κ2) is 6.89. The number of allylic oxidation sites excluding steroid dienone is 2. The summed E-state index contributed by atoms with van der Waals surface area (Å²) >= 11 is 0. The number of anilines is 1. The van der Waals surface area contributed by atoms with Crippen LogP contribution in [-0.2, 0) is 9.59 Å². The lowest BCUT2D eigenvalue weighted by Gasteiger charge is -2.37. The van der Waals surface area contributed by atoms with E-state index in [0.29, 0.717) is 17.4 Å². The highest BCUT2D eigenvalue weighted by molar-refractivity contribution is 6.10. The molecule has 6 atom stereocenters. The number of hydrogen-bond acceptors (Lipinski definition) is 3. The lowest BCUT2D eigenvalue weighted by molar-refractivity contribution is -0.140. The molecule has 2 aromatic rings. The molecule has 7 rings (SSSR count). The second-order valence-corrected chi connectivity index (χ2v) is 9.79. The summed E-state index contributed by atoms with van der Waals surface area (Å²) in [5.41, 5.74) is 3.30. The summed E-state index contributed by atoms with van der Waals surface area (Å²) in [6.07, 6.45) is 5.48. The summed E-state index contributed by atoms with van der Waals surface area (Å²) in [4.78, 5) is 43.5. The van der Waals surface area contributed by atoms with Crippen LogP contribution in [0.2, 0.25) is 0 Å². The smallest absolute Gasteiger partial charge is 0.259 e. The van der Waals surface area contributed by atoms with Crippen molar-refractivity contribution in [1.82, 2.24) is 4.90 Å². The molecule has 3 amide bonds. The van der Waals surface area contributed by atoms with Gasteiger partial charge >= 0.3 is 0 Å². The standard InChI is InChI=1S/C27H26N2O3/c1-15-8-11-22(16(2)12-15)28(25(30)17-6-4-3-5-7-17)14-29-26(31)23-18-9-10-19(21-13-20(18)21)24(23)27(29)32/h3-12,18-21,23-24H,13-14H2,1-2H3/t18-,19-,20-,21+,23+,24-/m1/s1. The lowest BCUT2D eigenvalue weighted by atomic mass is 9.63. The number of hydrogen-bond donors (Lipinski definition) is 0. The normalized spacial score (nSPS) is 31.5. The number of imide groups is 1. The van der Waals surface area contributed by atoms with Gasteiger partial charge in [0, 0.05) is 11.3 Å². The molecule has 0 radical (unpaired) electrons. The largest absolute Gasteiger partial charge is 0.289 e. The Morgan fingerprint density at radius 3 is 2.16 bits per heavy atom. The number of amides is 3. The SMILES string of the molecule is Cc1ccc(N(CN2C(=O)[C@@H]3[C@@H]4C=C[C@H]([C@H]5C[C@@H]45)[C@@H]3C2=O)C(=O)c2ccccc2)c(C)c1. The van der Waals surface area contributed by atoms with Crippen molar-refractivity contribution < 1.29 is 14.4 Å². The van der Waals surface area contributed by atoms with Crippen LogP contribution in [0.3, 0.4) is 0 Å². The van der Waals surface area contributed by atoms with Gasteiger partial charge in [0.25, 0.3) is 5.91 Å². The zero-order valence-electron chi connectivity index (χ0n) is 18.3. The van der Waals surface area contributed by atoms with E-state index < -0.39 is 0 Å². The predicted molar refractivity (Wildman–Crippen MR) is 121 cm³/mol. The average Bonchev–Trinajstić information content (AvgIpc) is 3.58. The summed E-state index contributed by atoms with van der Waals surface area (Å²) in [5.74, 6) is 0.529. The van der Waals surface area contributed by atoms with Gasteiger partial charge in [-0.2, -0.15) is 0 Å². The Morgan fingerprint density at radius 2 is 1.56 bits per heavy atom. The lowest BCUT2D eigenvalue weighted by Crippen LogP contribution is -2.45. The molecule has 0 unspecified atom stereocenters. The summed E-state index contributed by atoms with van der Waals surface area (Å²) in [7, 11) is 0. The van der Waals surface area contributed by atoms with Crippen LogP contribution in [0, 0.1) is 49.4 Å². The van der Waals surface area contributed by atoms with Gasteiger partial charge < -0.3 is 0 Å². The maximum atomic E-state index is 13.6. The average molecular weight is 427 g/mol.